The predicted octanol–water partition coefficient (Wildman–Crippen LogP) is 3.81. The average molecular weight is 798 g/mol. The number of anilines is 1. The van der Waals surface area contributed by atoms with Gasteiger partial charge in [-0.2, -0.15) is 5.26 Å². The molecule has 0 radical (unpaired) electrons. The number of carbonyl (C=O) groups is 4. The van der Waals surface area contributed by atoms with Gasteiger partial charge in [0, 0.05) is 87.1 Å². The summed E-state index contributed by atoms with van der Waals surface area (Å²) in [6.45, 7) is 5.49. The molecule has 1 unspecified atom stereocenters. The molecule has 298 valence electrons. The molecule has 2 N–H and O–H groups in total. The van der Waals surface area contributed by atoms with E-state index in [9.17, 15) is 19.2 Å². The topological polar surface area (TPSA) is 164 Å². The summed E-state index contributed by atoms with van der Waals surface area (Å²) in [5.41, 5.74) is 1.85. The molecule has 16 heteroatoms. The van der Waals surface area contributed by atoms with Crippen LogP contribution in [0.5, 0.6) is 5.75 Å². The highest BCUT2D eigenvalue weighted by molar-refractivity contribution is 6.31. The number of ether oxygens (including phenoxy) is 1. The van der Waals surface area contributed by atoms with Crippen LogP contribution in [0.2, 0.25) is 5.02 Å². The lowest BCUT2D eigenvalue weighted by Gasteiger charge is -2.43. The van der Waals surface area contributed by atoms with E-state index in [4.69, 9.17) is 21.6 Å². The van der Waals surface area contributed by atoms with Crippen molar-refractivity contribution in [1.82, 2.24) is 35.5 Å². The molecule has 5 heterocycles. The predicted molar refractivity (Wildman–Crippen MR) is 207 cm³/mol. The lowest BCUT2D eigenvalue weighted by atomic mass is 9.93. The number of nitrogens with one attached hydrogen (secondary N) is 2. The quantitative estimate of drug-likeness (QED) is 0.303. The van der Waals surface area contributed by atoms with E-state index >= 15 is 4.39 Å². The van der Waals surface area contributed by atoms with Crippen molar-refractivity contribution in [1.29, 1.82) is 5.26 Å². The summed E-state index contributed by atoms with van der Waals surface area (Å²) < 4.78 is 21.9. The molecule has 4 aliphatic heterocycles. The fourth-order valence-corrected chi connectivity index (χ4v) is 9.03. The lowest BCUT2D eigenvalue weighted by Crippen LogP contribution is -2.53. The number of amides is 4. The second-order valence-electron chi connectivity index (χ2n) is 15.6. The van der Waals surface area contributed by atoms with Crippen molar-refractivity contribution >= 4 is 41.0 Å². The Morgan fingerprint density at radius 2 is 1.72 bits per heavy atom. The van der Waals surface area contributed by atoms with Gasteiger partial charge in [-0.3, -0.25) is 34.3 Å². The summed E-state index contributed by atoms with van der Waals surface area (Å²) in [6.07, 6.45) is 5.49. The van der Waals surface area contributed by atoms with Gasteiger partial charge in [0.1, 0.15) is 23.7 Å². The number of hydrogen-bond donors (Lipinski definition) is 2. The fraction of sp³-hybridized carbons (Fsp3) is 0.488. The lowest BCUT2D eigenvalue weighted by molar-refractivity contribution is -0.136. The van der Waals surface area contributed by atoms with E-state index in [2.05, 4.69) is 35.5 Å². The Kier molecular flexibility index (Phi) is 11.4. The van der Waals surface area contributed by atoms with Crippen LogP contribution in [-0.2, 0) is 22.7 Å². The van der Waals surface area contributed by atoms with E-state index in [1.807, 2.05) is 12.1 Å². The second kappa shape index (κ2) is 16.7. The first kappa shape index (κ1) is 38.7. The van der Waals surface area contributed by atoms with Crippen LogP contribution >= 0.6 is 11.6 Å². The van der Waals surface area contributed by atoms with E-state index in [0.29, 0.717) is 45.7 Å². The number of hydrogen-bond acceptors (Lipinski definition) is 11. The molecule has 2 aromatic carbocycles. The first-order chi connectivity index (χ1) is 27.6. The summed E-state index contributed by atoms with van der Waals surface area (Å²) >= 11 is 6.14. The molecule has 0 spiro atoms. The molecular formula is C41H45ClFN9O5. The number of fused-ring (bicyclic) bond motifs is 1. The zero-order chi connectivity index (χ0) is 39.6. The zero-order valence-electron chi connectivity index (χ0n) is 31.6. The Balaban J connectivity index is 0.756. The van der Waals surface area contributed by atoms with Gasteiger partial charge in [0.25, 0.3) is 11.8 Å². The molecule has 1 aliphatic carbocycles. The molecule has 1 saturated carbocycles. The highest BCUT2D eigenvalue weighted by Crippen LogP contribution is 2.32. The average Bonchev–Trinajstić information content (AvgIpc) is 3.56. The van der Waals surface area contributed by atoms with Crippen LogP contribution in [-0.4, -0.2) is 112 Å². The largest absolute Gasteiger partial charge is 0.490 e. The number of carbonyl (C=O) groups excluding carboxylic acids is 4. The van der Waals surface area contributed by atoms with E-state index in [0.717, 1.165) is 83.6 Å². The van der Waals surface area contributed by atoms with E-state index in [1.54, 1.807) is 36.4 Å². The van der Waals surface area contributed by atoms with Gasteiger partial charge in [-0.25, -0.2) is 4.39 Å². The van der Waals surface area contributed by atoms with Gasteiger partial charge in [0.15, 0.2) is 11.5 Å². The molecule has 8 rings (SSSR count). The minimum atomic E-state index is -0.772. The van der Waals surface area contributed by atoms with E-state index in [-0.39, 0.29) is 60.6 Å². The van der Waals surface area contributed by atoms with Gasteiger partial charge in [-0.05, 0) is 75.3 Å². The van der Waals surface area contributed by atoms with Crippen molar-refractivity contribution in [3.8, 4) is 11.8 Å². The monoisotopic (exact) mass is 797 g/mol. The summed E-state index contributed by atoms with van der Waals surface area (Å²) in [5, 5.41) is 23.5. The van der Waals surface area contributed by atoms with E-state index < -0.39 is 11.9 Å². The first-order valence-electron chi connectivity index (χ1n) is 19.8. The normalized spacial score (nSPS) is 23.5. The van der Waals surface area contributed by atoms with Crippen LogP contribution in [0.1, 0.15) is 88.9 Å². The highest BCUT2D eigenvalue weighted by Gasteiger charge is 2.41. The molecule has 3 aromatic rings. The smallest absolute Gasteiger partial charge is 0.272 e. The van der Waals surface area contributed by atoms with Crippen LogP contribution < -0.4 is 20.3 Å². The maximum Gasteiger partial charge on any atom is 0.272 e. The van der Waals surface area contributed by atoms with Crippen molar-refractivity contribution in [2.24, 2.45) is 0 Å². The van der Waals surface area contributed by atoms with Crippen molar-refractivity contribution < 1.29 is 28.3 Å². The van der Waals surface area contributed by atoms with Gasteiger partial charge in [0.2, 0.25) is 11.8 Å². The fourth-order valence-electron chi connectivity index (χ4n) is 8.81. The Hall–Kier alpha value is -5.17. The first-order valence-corrected chi connectivity index (χ1v) is 20.2. The van der Waals surface area contributed by atoms with Gasteiger partial charge in [0.05, 0.1) is 23.2 Å². The van der Waals surface area contributed by atoms with Crippen molar-refractivity contribution in [2.45, 2.75) is 88.7 Å². The number of nitrogens with zero attached hydrogens (tertiary/aromatic N) is 7. The second-order valence-corrected chi connectivity index (χ2v) is 16.0. The Bertz CT molecular complexity index is 2070. The van der Waals surface area contributed by atoms with Crippen LogP contribution in [0.3, 0.4) is 0 Å². The molecule has 4 amide bonds. The molecular weight excluding hydrogens is 753 g/mol. The minimum absolute atomic E-state index is 0.0149. The molecule has 57 heavy (non-hydrogen) atoms. The Morgan fingerprint density at radius 1 is 0.947 bits per heavy atom. The maximum atomic E-state index is 15.8. The number of aromatic nitrogens is 2. The van der Waals surface area contributed by atoms with Crippen LogP contribution in [0.4, 0.5) is 10.2 Å². The highest BCUT2D eigenvalue weighted by atomic mass is 35.5. The van der Waals surface area contributed by atoms with Gasteiger partial charge >= 0.3 is 0 Å². The molecule has 1 atom stereocenters. The van der Waals surface area contributed by atoms with Crippen molar-refractivity contribution in [2.75, 3.05) is 44.2 Å². The molecule has 5 aliphatic rings. The van der Waals surface area contributed by atoms with Crippen LogP contribution in [0, 0.1) is 17.1 Å². The number of piperidine rings is 2. The zero-order valence-corrected chi connectivity index (χ0v) is 32.3. The Morgan fingerprint density at radius 3 is 2.40 bits per heavy atom. The summed E-state index contributed by atoms with van der Waals surface area (Å²) in [4.78, 5) is 58.4. The van der Waals surface area contributed by atoms with Gasteiger partial charge in [-0.15, -0.1) is 10.2 Å². The number of benzene rings is 2. The number of piperazine rings is 1. The molecule has 4 fully saturated rings. The third kappa shape index (κ3) is 8.44. The van der Waals surface area contributed by atoms with Gasteiger partial charge in [-0.1, -0.05) is 17.7 Å². The SMILES string of the molecule is N#Cc1ccc(OC2CCC(NC(=O)c3ccc(N4CCC(N5CCN(Cc6ccc7c(c6F)CN(C6CCC(=O)NC6=O)C7=O)CC5)CC4)nn3)CC2)cc1Cl. The summed E-state index contributed by atoms with van der Waals surface area (Å²) in [6, 6.07) is 13.8. The maximum absolute atomic E-state index is 15.8. The number of halogens is 2. The molecule has 1 aromatic heterocycles. The number of rotatable bonds is 9. The van der Waals surface area contributed by atoms with Crippen LogP contribution in [0.15, 0.2) is 42.5 Å². The Labute approximate surface area is 335 Å². The third-order valence-electron chi connectivity index (χ3n) is 12.1. The molecule has 14 nitrogen and oxygen atoms in total. The van der Waals surface area contributed by atoms with Crippen molar-refractivity contribution in [3.05, 3.63) is 81.3 Å². The standard InChI is InChI=1S/C41H45ClFN9O5/c42-33-21-30(5-1-25(33)22-44)57-29-6-3-27(4-7-29)45-39(54)34-9-11-36(48-47-34)51-15-13-28(14-16-51)50-19-17-49(18-20-50)23-26-2-8-31-32(38(26)43)24-52(41(31)56)35-10-12-37(53)46-40(35)55/h1-2,5,8-9,11,21,27-29,35H,3-4,6-7,10,12-20,23-24H2,(H,45,54)(H,46,53,55). The number of imide groups is 1. The third-order valence-corrected chi connectivity index (χ3v) is 12.4. The molecule has 3 saturated heterocycles. The van der Waals surface area contributed by atoms with Crippen LogP contribution in [0.25, 0.3) is 0 Å². The summed E-state index contributed by atoms with van der Waals surface area (Å²) in [5.74, 6) is -0.464. The van der Waals surface area contributed by atoms with Crippen molar-refractivity contribution in [3.63, 3.8) is 0 Å². The minimum Gasteiger partial charge on any atom is -0.490 e. The number of nitriles is 1. The van der Waals surface area contributed by atoms with Gasteiger partial charge < -0.3 is 19.9 Å². The summed E-state index contributed by atoms with van der Waals surface area (Å²) in [7, 11) is 0. The van der Waals surface area contributed by atoms with E-state index in [1.165, 1.54) is 4.90 Å². The molecule has 0 bridgehead atoms.